The van der Waals surface area contributed by atoms with E-state index in [2.05, 4.69) is 426 Å². The van der Waals surface area contributed by atoms with Crippen LogP contribution in [-0.2, 0) is 0 Å². The van der Waals surface area contributed by atoms with Crippen molar-refractivity contribution >= 4 is 242 Å². The fourth-order valence-electron chi connectivity index (χ4n) is 20.1. The number of benzene rings is 22. The number of hydrogen-bond donors (Lipinski definition) is 0. The molecular weight excluding hydrogens is 1510 g/mol. The van der Waals surface area contributed by atoms with Gasteiger partial charge in [-0.3, -0.25) is 0 Å². The van der Waals surface area contributed by atoms with Crippen molar-refractivity contribution in [2.75, 3.05) is 19.6 Å². The van der Waals surface area contributed by atoms with Gasteiger partial charge in [-0.15, -0.1) is 0 Å². The number of hydrogen-bond acceptors (Lipinski definition) is 8. The van der Waals surface area contributed by atoms with E-state index in [4.69, 9.17) is 17.7 Å². The Morgan fingerprint density at radius 1 is 0.137 bits per heavy atom. The molecule has 0 unspecified atom stereocenters. The smallest absolute Gasteiger partial charge is 0.160 e. The molecule has 8 nitrogen and oxygen atoms in total. The lowest BCUT2D eigenvalue weighted by atomic mass is 9.94. The van der Waals surface area contributed by atoms with Crippen LogP contribution >= 0.6 is 0 Å². The van der Waals surface area contributed by atoms with Gasteiger partial charge in [0.15, 0.2) is 22.3 Å². The Bertz CT molecular complexity index is 8920. The van der Waals surface area contributed by atoms with E-state index in [-0.39, 0.29) is 0 Å². The van der Waals surface area contributed by atoms with Crippen molar-refractivity contribution in [3.05, 3.63) is 425 Å². The Kier molecular flexibility index (Phi) is 15.3. The van der Waals surface area contributed by atoms with Crippen LogP contribution in [0.2, 0.25) is 0 Å². The molecule has 0 spiro atoms. The van der Waals surface area contributed by atoms with Gasteiger partial charge < -0.3 is 37.3 Å². The Hall–Kier alpha value is -16.7. The maximum absolute atomic E-state index is 8.17. The van der Waals surface area contributed by atoms with Crippen LogP contribution in [0.1, 0.15) is 0 Å². The average Bonchev–Trinajstić information content (AvgIpc) is 1.53. The van der Waals surface area contributed by atoms with Crippen LogP contribution in [0.3, 0.4) is 0 Å². The number of nitrogens with zero attached hydrogens (tertiary/aromatic N) is 4. The summed E-state index contributed by atoms with van der Waals surface area (Å²) in [5.74, 6) is 0. The maximum atomic E-state index is 8.17. The molecule has 0 bridgehead atoms. The molecule has 26 aromatic rings. The highest BCUT2D eigenvalue weighted by atomic mass is 16.3. The van der Waals surface area contributed by atoms with Gasteiger partial charge in [-0.05, 0) is 226 Å². The molecule has 0 saturated heterocycles. The topological polar surface area (TPSA) is 65.5 Å². The quantitative estimate of drug-likeness (QED) is 0.106. The lowest BCUT2D eigenvalue weighted by Gasteiger charge is -2.28. The SMILES string of the molecule is c1ccc(N(c2ccc3oc4ccccc4c3c2)c2cc3ccccc3c3c2oc2c(N(c4ccc(-c5ccc6cc(N(c7ccccc7)c7cc8ccccc8c8ccccc78)c7oc8c(N(c9ccccc9)c9cc%10ccccc%10c%10ccccc9%10)cc9ccccc9c8c7c6c5)cc4)c4ccc5oc6ccccc6c5c4)cc4ccccc4c23)cc1. The van der Waals surface area contributed by atoms with E-state index < -0.39 is 0 Å². The summed E-state index contributed by atoms with van der Waals surface area (Å²) in [6.45, 7) is 0. The molecular formula is C116H70N4O4. The Morgan fingerprint density at radius 3 is 0.823 bits per heavy atom. The number of anilines is 12. The molecule has 124 heavy (non-hydrogen) atoms. The second-order valence-corrected chi connectivity index (χ2v) is 32.5. The number of rotatable bonds is 13. The van der Waals surface area contributed by atoms with Crippen molar-refractivity contribution < 1.29 is 17.7 Å². The lowest BCUT2D eigenvalue weighted by molar-refractivity contribution is 0.668. The van der Waals surface area contributed by atoms with Gasteiger partial charge in [-0.2, -0.15) is 0 Å². The third-order valence-electron chi connectivity index (χ3n) is 25.6. The van der Waals surface area contributed by atoms with Crippen LogP contribution in [0.25, 0.3) is 185 Å². The zero-order valence-electron chi connectivity index (χ0n) is 66.8. The van der Waals surface area contributed by atoms with Crippen LogP contribution in [-0.4, -0.2) is 0 Å². The van der Waals surface area contributed by atoms with E-state index >= 15 is 0 Å². The molecule has 0 fully saturated rings. The third-order valence-corrected chi connectivity index (χ3v) is 25.6. The van der Waals surface area contributed by atoms with E-state index in [1.807, 2.05) is 18.2 Å². The number of fused-ring (bicyclic) bond motifs is 26. The van der Waals surface area contributed by atoms with Crippen LogP contribution < -0.4 is 19.6 Å². The molecule has 4 heterocycles. The predicted molar refractivity (Wildman–Crippen MR) is 520 cm³/mol. The summed E-state index contributed by atoms with van der Waals surface area (Å²) in [6.07, 6.45) is 0. The molecule has 22 aromatic carbocycles. The molecule has 0 atom stereocenters. The summed E-state index contributed by atoms with van der Waals surface area (Å²) in [5, 5.41) is 26.1. The Labute approximate surface area is 710 Å². The summed E-state index contributed by atoms with van der Waals surface area (Å²) in [6, 6.07) is 154. The molecule has 0 aliphatic carbocycles. The van der Waals surface area contributed by atoms with E-state index in [1.165, 1.54) is 21.5 Å². The van der Waals surface area contributed by atoms with Gasteiger partial charge in [-0.1, -0.05) is 285 Å². The fraction of sp³-hybridized carbons (Fsp3) is 0. The molecule has 0 amide bonds. The molecule has 0 aliphatic rings. The summed E-state index contributed by atoms with van der Waals surface area (Å²) >= 11 is 0. The predicted octanol–water partition coefficient (Wildman–Crippen LogP) is 34.1. The first-order chi connectivity index (χ1) is 61.5. The largest absolute Gasteiger partial charge is 0.456 e. The second-order valence-electron chi connectivity index (χ2n) is 32.5. The summed E-state index contributed by atoms with van der Waals surface area (Å²) in [5.41, 5.74) is 19.9. The van der Waals surface area contributed by atoms with E-state index in [0.717, 1.165) is 232 Å². The van der Waals surface area contributed by atoms with Crippen molar-refractivity contribution in [3.8, 4) is 11.1 Å². The fourth-order valence-corrected chi connectivity index (χ4v) is 20.1. The summed E-state index contributed by atoms with van der Waals surface area (Å²) in [7, 11) is 0. The standard InChI is InChI=1S/C116H70N4O4/c1-4-33-79(34-5-1)117(83-58-60-107-97(69-83)94-48-24-26-50-105(94)121-107)101-65-75-30-12-17-41-87(75)109-110-88-42-18-13-31-76(88)66-102(114(110)123-113(101)109)118(84-59-61-108-98(70-84)95-49-25-27-51-106(95)122-108)82-56-54-71(55-57-82)72-52-53-78-68-104(120(81-37-8-3-9-38-81)100-64-74-29-11-16-40-86(74)91-45-21-23-47-93(91)100)116-112(96(78)62-72)111-89-43-19-14-32-77(89)67-103(115(111)124-116)119(80-35-6-2-7-36-80)99-63-73-28-10-15-39-85(73)90-44-20-22-46-92(90)99/h1-70H. The second kappa shape index (κ2) is 27.4. The van der Waals surface area contributed by atoms with Crippen molar-refractivity contribution in [1.82, 2.24) is 0 Å². The van der Waals surface area contributed by atoms with Gasteiger partial charge in [0.2, 0.25) is 0 Å². The zero-order valence-corrected chi connectivity index (χ0v) is 66.8. The zero-order chi connectivity index (χ0) is 81.2. The van der Waals surface area contributed by atoms with Crippen molar-refractivity contribution in [2.45, 2.75) is 0 Å². The Morgan fingerprint density at radius 2 is 0.411 bits per heavy atom. The first-order valence-electron chi connectivity index (χ1n) is 42.2. The van der Waals surface area contributed by atoms with Gasteiger partial charge in [0.1, 0.15) is 22.3 Å². The summed E-state index contributed by atoms with van der Waals surface area (Å²) in [4.78, 5) is 9.62. The van der Waals surface area contributed by atoms with Gasteiger partial charge in [0.05, 0.1) is 34.1 Å². The lowest BCUT2D eigenvalue weighted by Crippen LogP contribution is -2.11. The number of para-hydroxylation sites is 5. The van der Waals surface area contributed by atoms with E-state index in [9.17, 15) is 0 Å². The molecule has 0 radical (unpaired) electrons. The van der Waals surface area contributed by atoms with Crippen molar-refractivity contribution in [1.29, 1.82) is 0 Å². The molecule has 4 aromatic heterocycles. The van der Waals surface area contributed by atoms with Crippen molar-refractivity contribution in [3.63, 3.8) is 0 Å². The van der Waals surface area contributed by atoms with Gasteiger partial charge in [-0.25, -0.2) is 0 Å². The minimum atomic E-state index is 0.745. The molecule has 0 aliphatic heterocycles. The molecule has 0 saturated carbocycles. The molecule has 0 N–H and O–H groups in total. The van der Waals surface area contributed by atoms with E-state index in [0.29, 0.717) is 0 Å². The van der Waals surface area contributed by atoms with Crippen LogP contribution in [0.15, 0.2) is 442 Å². The average molecular weight is 1580 g/mol. The monoisotopic (exact) mass is 1580 g/mol. The highest BCUT2D eigenvalue weighted by Crippen LogP contribution is 2.57. The Balaban J connectivity index is 0.716. The minimum absolute atomic E-state index is 0.745. The molecule has 8 heteroatoms. The minimum Gasteiger partial charge on any atom is -0.456 e. The first-order valence-corrected chi connectivity index (χ1v) is 42.2. The van der Waals surface area contributed by atoms with Crippen LogP contribution in [0.5, 0.6) is 0 Å². The summed E-state index contributed by atoms with van der Waals surface area (Å²) < 4.78 is 29.2. The normalized spacial score (nSPS) is 12.0. The van der Waals surface area contributed by atoms with Crippen LogP contribution in [0.4, 0.5) is 68.2 Å². The van der Waals surface area contributed by atoms with E-state index in [1.54, 1.807) is 0 Å². The molecule has 26 rings (SSSR count). The van der Waals surface area contributed by atoms with Gasteiger partial charge in [0, 0.05) is 88.0 Å². The first kappa shape index (κ1) is 69.3. The van der Waals surface area contributed by atoms with Gasteiger partial charge in [0.25, 0.3) is 0 Å². The maximum Gasteiger partial charge on any atom is 0.160 e. The molecule has 578 valence electrons. The van der Waals surface area contributed by atoms with Crippen molar-refractivity contribution in [2.24, 2.45) is 0 Å². The highest BCUT2D eigenvalue weighted by molar-refractivity contribution is 6.34. The van der Waals surface area contributed by atoms with Gasteiger partial charge >= 0.3 is 0 Å². The van der Waals surface area contributed by atoms with Crippen LogP contribution in [0, 0.1) is 0 Å². The highest BCUT2D eigenvalue weighted by Gasteiger charge is 2.32. The third kappa shape index (κ3) is 10.7. The number of furan rings is 4.